The molecule has 1 aliphatic rings. The van der Waals surface area contributed by atoms with Crippen molar-refractivity contribution in [2.45, 2.75) is 84.5 Å². The van der Waals surface area contributed by atoms with E-state index in [1.165, 1.54) is 13.0 Å². The number of methoxy groups -OCH3 is 1. The number of nitrogens with one attached hydrogen (secondary N) is 3. The first-order valence-electron chi connectivity index (χ1n) is 12.0. The van der Waals surface area contributed by atoms with E-state index >= 15 is 0 Å². The van der Waals surface area contributed by atoms with Crippen molar-refractivity contribution in [3.63, 3.8) is 0 Å². The Kier molecular flexibility index (Phi) is 12.8. The van der Waals surface area contributed by atoms with E-state index in [0.717, 1.165) is 27.9 Å². The molecule has 40 heavy (non-hydrogen) atoms. The molecule has 0 unspecified atom stereocenters. The lowest BCUT2D eigenvalue weighted by Crippen LogP contribution is -2.65. The van der Waals surface area contributed by atoms with Gasteiger partial charge in [0, 0.05) is 27.7 Å². The molecule has 0 aliphatic carbocycles. The molecule has 1 heterocycles. The fraction of sp³-hybridized carbons (Fsp3) is 0.625. The first kappa shape index (κ1) is 34.1. The predicted molar refractivity (Wildman–Crippen MR) is 139 cm³/mol. The minimum absolute atomic E-state index is 0.254. The summed E-state index contributed by atoms with van der Waals surface area (Å²) in [4.78, 5) is 72.4. The van der Waals surface area contributed by atoms with Crippen molar-refractivity contribution in [1.29, 1.82) is 0 Å². The second-order valence-corrected chi connectivity index (χ2v) is 9.89. The van der Waals surface area contributed by atoms with Gasteiger partial charge in [0.2, 0.25) is 11.7 Å². The summed E-state index contributed by atoms with van der Waals surface area (Å²) in [5, 5.41) is 7.46. The molecule has 0 fully saturated rings. The number of alkyl carbamates (subject to hydrolysis) is 1. The average molecular weight is 590 g/mol. The van der Waals surface area contributed by atoms with Crippen molar-refractivity contribution in [3.8, 4) is 0 Å². The molecule has 3 N–H and O–H groups in total. The van der Waals surface area contributed by atoms with Crippen molar-refractivity contribution in [2.75, 3.05) is 13.7 Å². The number of carbonyl (C=O) groups is 6. The lowest BCUT2D eigenvalue weighted by Gasteiger charge is -2.42. The van der Waals surface area contributed by atoms with Gasteiger partial charge in [-0.3, -0.25) is 24.5 Å². The van der Waals surface area contributed by atoms with Gasteiger partial charge in [0.1, 0.15) is 12.2 Å². The Morgan fingerprint density at radius 2 is 1.57 bits per heavy atom. The number of thiocarbonyl (C=S) groups is 1. The van der Waals surface area contributed by atoms with Gasteiger partial charge in [0.05, 0.1) is 19.2 Å². The van der Waals surface area contributed by atoms with Crippen LogP contribution in [0.25, 0.3) is 0 Å². The molecule has 1 rings (SSSR count). The van der Waals surface area contributed by atoms with E-state index in [0.29, 0.717) is 0 Å². The molecule has 0 saturated heterocycles. The molecule has 2 amide bonds. The Bertz CT molecular complexity index is 1040. The van der Waals surface area contributed by atoms with Crippen molar-refractivity contribution in [2.24, 2.45) is 0 Å². The lowest BCUT2D eigenvalue weighted by atomic mass is 9.91. The van der Waals surface area contributed by atoms with Crippen LogP contribution in [0.15, 0.2) is 11.8 Å². The van der Waals surface area contributed by atoms with Gasteiger partial charge in [-0.25, -0.2) is 9.59 Å². The van der Waals surface area contributed by atoms with Crippen molar-refractivity contribution >= 4 is 53.2 Å². The van der Waals surface area contributed by atoms with Crippen molar-refractivity contribution < 1.29 is 57.2 Å². The summed E-state index contributed by atoms with van der Waals surface area (Å²) < 4.78 is 31.4. The molecule has 16 heteroatoms. The number of hydrogen-bond acceptors (Lipinski definition) is 13. The summed E-state index contributed by atoms with van der Waals surface area (Å²) in [6.45, 7) is 8.82. The molecule has 0 aromatic heterocycles. The van der Waals surface area contributed by atoms with E-state index in [9.17, 15) is 28.8 Å². The maximum absolute atomic E-state index is 12.5. The third kappa shape index (κ3) is 11.8. The van der Waals surface area contributed by atoms with Gasteiger partial charge in [-0.05, 0) is 39.1 Å². The molecule has 15 nitrogen and oxygen atoms in total. The summed E-state index contributed by atoms with van der Waals surface area (Å²) in [5.41, 5.74) is -0.828. The molecule has 0 bridgehead atoms. The van der Waals surface area contributed by atoms with Crippen LogP contribution in [0, 0.1) is 0 Å². The van der Waals surface area contributed by atoms with Gasteiger partial charge >= 0.3 is 30.0 Å². The number of carbonyl (C=O) groups excluding carboxylic acids is 6. The summed E-state index contributed by atoms with van der Waals surface area (Å²) >= 11 is 5.22. The van der Waals surface area contributed by atoms with Gasteiger partial charge in [-0.15, -0.1) is 0 Å². The zero-order chi connectivity index (χ0) is 30.8. The molecule has 0 aromatic rings. The maximum Gasteiger partial charge on any atom is 0.413 e. The standard InChI is InChI=1S/C24H35N3O12S/c1-11(28)25-18-15(26-22(40)27-23(33)39-24(5,6)7)9-16(21(32)34-8)38-20(18)19(37-14(4)31)17(36-13(3)30)10-35-12(2)29/h9,15,17-20H,10H2,1-8H3,(H,25,28)(H2,26,27,33,40)/t15-,17+,18+,19+,20+/m0/s1. The fourth-order valence-electron chi connectivity index (χ4n) is 3.50. The Labute approximate surface area is 236 Å². The second kappa shape index (κ2) is 15.0. The van der Waals surface area contributed by atoms with Crippen LogP contribution in [-0.4, -0.2) is 90.7 Å². The van der Waals surface area contributed by atoms with E-state index in [1.807, 2.05) is 0 Å². The van der Waals surface area contributed by atoms with Gasteiger partial charge in [0.15, 0.2) is 23.4 Å². The van der Waals surface area contributed by atoms with E-state index in [4.69, 9.17) is 40.6 Å². The highest BCUT2D eigenvalue weighted by Gasteiger charge is 2.48. The predicted octanol–water partition coefficient (Wildman–Crippen LogP) is 0.141. The van der Waals surface area contributed by atoms with Crippen LogP contribution in [0.4, 0.5) is 4.79 Å². The van der Waals surface area contributed by atoms with Crippen LogP contribution in [-0.2, 0) is 52.4 Å². The highest BCUT2D eigenvalue weighted by Crippen LogP contribution is 2.27. The van der Waals surface area contributed by atoms with Gasteiger partial charge < -0.3 is 39.1 Å². The minimum Gasteiger partial charge on any atom is -0.477 e. The highest BCUT2D eigenvalue weighted by atomic mass is 32.1. The number of hydrogen-bond donors (Lipinski definition) is 3. The number of rotatable bonds is 9. The third-order valence-electron chi connectivity index (χ3n) is 4.76. The average Bonchev–Trinajstić information content (AvgIpc) is 2.78. The van der Waals surface area contributed by atoms with Crippen LogP contribution >= 0.6 is 12.2 Å². The largest absolute Gasteiger partial charge is 0.477 e. The first-order chi connectivity index (χ1) is 18.4. The fourth-order valence-corrected chi connectivity index (χ4v) is 3.71. The molecule has 1 aliphatic heterocycles. The molecule has 224 valence electrons. The Morgan fingerprint density at radius 1 is 0.975 bits per heavy atom. The summed E-state index contributed by atoms with van der Waals surface area (Å²) in [7, 11) is 1.09. The molecular formula is C24H35N3O12S. The second-order valence-electron chi connectivity index (χ2n) is 9.48. The Hall–Kier alpha value is -3.95. The van der Waals surface area contributed by atoms with Crippen LogP contribution in [0.1, 0.15) is 48.5 Å². The molecule has 0 spiro atoms. The normalized spacial score (nSPS) is 19.7. The van der Waals surface area contributed by atoms with E-state index in [1.54, 1.807) is 20.8 Å². The zero-order valence-corrected chi connectivity index (χ0v) is 24.3. The molecule has 0 aromatic carbocycles. The number of amides is 2. The van der Waals surface area contributed by atoms with Gasteiger partial charge in [0.25, 0.3) is 0 Å². The first-order valence-corrected chi connectivity index (χ1v) is 12.4. The zero-order valence-electron chi connectivity index (χ0n) is 23.5. The van der Waals surface area contributed by atoms with Crippen LogP contribution in [0.5, 0.6) is 0 Å². The van der Waals surface area contributed by atoms with E-state index in [2.05, 4.69) is 16.0 Å². The van der Waals surface area contributed by atoms with Gasteiger partial charge in [-0.2, -0.15) is 0 Å². The van der Waals surface area contributed by atoms with Crippen molar-refractivity contribution in [1.82, 2.24) is 16.0 Å². The van der Waals surface area contributed by atoms with Gasteiger partial charge in [-0.1, -0.05) is 0 Å². The van der Waals surface area contributed by atoms with Crippen LogP contribution < -0.4 is 16.0 Å². The lowest BCUT2D eigenvalue weighted by molar-refractivity contribution is -0.188. The summed E-state index contributed by atoms with van der Waals surface area (Å²) in [6.07, 6.45) is -4.08. The van der Waals surface area contributed by atoms with Crippen LogP contribution in [0.2, 0.25) is 0 Å². The monoisotopic (exact) mass is 589 g/mol. The Morgan fingerprint density at radius 3 is 2.05 bits per heavy atom. The molecular weight excluding hydrogens is 554 g/mol. The van der Waals surface area contributed by atoms with E-state index < -0.39 is 84.2 Å². The number of esters is 4. The van der Waals surface area contributed by atoms with E-state index in [-0.39, 0.29) is 5.11 Å². The maximum atomic E-state index is 12.5. The SMILES string of the molecule is COC(=O)C1=C[C@H](NC(=S)NC(=O)OC(C)(C)C)[C@@H](NC(C)=O)[C@H]([C@H](OC(C)=O)[C@@H](COC(C)=O)OC(C)=O)O1. The minimum atomic E-state index is -1.54. The summed E-state index contributed by atoms with van der Waals surface area (Å²) in [6, 6.07) is -2.27. The summed E-state index contributed by atoms with van der Waals surface area (Å²) in [5.74, 6) is -4.31. The topological polar surface area (TPSA) is 194 Å². The van der Waals surface area contributed by atoms with Crippen LogP contribution in [0.3, 0.4) is 0 Å². The molecule has 5 atom stereocenters. The number of ether oxygens (including phenoxy) is 6. The third-order valence-corrected chi connectivity index (χ3v) is 4.98. The Balaban J connectivity index is 3.57. The van der Waals surface area contributed by atoms with Crippen molar-refractivity contribution in [3.05, 3.63) is 11.8 Å². The molecule has 0 saturated carbocycles. The highest BCUT2D eigenvalue weighted by molar-refractivity contribution is 7.80. The quantitative estimate of drug-likeness (QED) is 0.187. The molecule has 0 radical (unpaired) electrons. The smallest absolute Gasteiger partial charge is 0.413 e.